The van der Waals surface area contributed by atoms with Crippen molar-refractivity contribution in [1.29, 1.82) is 0 Å². The zero-order chi connectivity index (χ0) is 18.3. The summed E-state index contributed by atoms with van der Waals surface area (Å²) in [5, 5.41) is 10.1. The van der Waals surface area contributed by atoms with Crippen molar-refractivity contribution >= 4 is 21.7 Å². The van der Waals surface area contributed by atoms with Gasteiger partial charge in [0, 0.05) is 28.8 Å². The molecular formula is C18H21BrN4O3. The van der Waals surface area contributed by atoms with Crippen LogP contribution in [0.25, 0.3) is 5.69 Å². The van der Waals surface area contributed by atoms with Gasteiger partial charge in [-0.1, -0.05) is 15.9 Å². The molecule has 1 saturated carbocycles. The number of nitrogens with zero attached hydrogens (tertiary/aromatic N) is 2. The van der Waals surface area contributed by atoms with Crippen LogP contribution in [0.1, 0.15) is 25.1 Å². The topological polar surface area (TPSA) is 89.0 Å². The van der Waals surface area contributed by atoms with Gasteiger partial charge in [0.05, 0.1) is 12.8 Å². The Bertz CT molecular complexity index is 894. The maximum Gasteiger partial charge on any atom is 0.348 e. The van der Waals surface area contributed by atoms with Crippen LogP contribution >= 0.6 is 15.9 Å². The highest BCUT2D eigenvalue weighted by atomic mass is 79.9. The average molecular weight is 421 g/mol. The third-order valence-corrected chi connectivity index (χ3v) is 5.83. The van der Waals surface area contributed by atoms with E-state index in [-0.39, 0.29) is 11.6 Å². The molecule has 0 unspecified atom stereocenters. The number of ether oxygens (including phenoxy) is 1. The van der Waals surface area contributed by atoms with Gasteiger partial charge in [0.1, 0.15) is 17.4 Å². The predicted octanol–water partition coefficient (Wildman–Crippen LogP) is 1.83. The number of aromatic amines is 1. The molecule has 1 saturated heterocycles. The lowest BCUT2D eigenvalue weighted by atomic mass is 9.77. The van der Waals surface area contributed by atoms with E-state index in [1.807, 2.05) is 12.1 Å². The molecule has 1 aromatic heterocycles. The Morgan fingerprint density at radius 2 is 2.27 bits per heavy atom. The Labute approximate surface area is 159 Å². The van der Waals surface area contributed by atoms with Gasteiger partial charge < -0.3 is 10.1 Å². The Morgan fingerprint density at radius 3 is 2.92 bits per heavy atom. The summed E-state index contributed by atoms with van der Waals surface area (Å²) in [4.78, 5) is 25.4. The highest BCUT2D eigenvalue weighted by Crippen LogP contribution is 2.42. The standard InChI is InChI=1S/C18H21BrN4O3/c1-26-14-8-12(19)4-5-13(14)23-15(21-22-17(23)25)9-18(6-7-20-10-18)16(24)11-2-3-11/h4-5,8,11,20H,2-3,6-7,9-10H2,1H3,(H,22,25)/t18-/m0/s1. The second-order valence-electron chi connectivity index (χ2n) is 7.12. The molecule has 0 bridgehead atoms. The van der Waals surface area contributed by atoms with E-state index in [2.05, 4.69) is 31.4 Å². The van der Waals surface area contributed by atoms with Gasteiger partial charge in [-0.05, 0) is 44.0 Å². The molecule has 4 rings (SSSR count). The van der Waals surface area contributed by atoms with Gasteiger partial charge >= 0.3 is 5.69 Å². The van der Waals surface area contributed by atoms with Gasteiger partial charge in [0.25, 0.3) is 0 Å². The molecule has 2 aliphatic rings. The number of Topliss-reactive ketones (excluding diaryl/α,β-unsaturated/α-hetero) is 1. The van der Waals surface area contributed by atoms with E-state index >= 15 is 0 Å². The first-order valence-corrected chi connectivity index (χ1v) is 9.59. The van der Waals surface area contributed by atoms with Crippen molar-refractivity contribution in [1.82, 2.24) is 20.1 Å². The summed E-state index contributed by atoms with van der Waals surface area (Å²) < 4.78 is 7.82. The van der Waals surface area contributed by atoms with Crippen molar-refractivity contribution in [3.63, 3.8) is 0 Å². The maximum absolute atomic E-state index is 13.0. The number of ketones is 1. The molecule has 2 N–H and O–H groups in total. The highest BCUT2D eigenvalue weighted by Gasteiger charge is 2.48. The first-order chi connectivity index (χ1) is 12.5. The van der Waals surface area contributed by atoms with Gasteiger partial charge in [-0.2, -0.15) is 5.10 Å². The number of carbonyl (C=O) groups excluding carboxylic acids is 1. The molecule has 8 heteroatoms. The minimum atomic E-state index is -0.479. The molecule has 138 valence electrons. The quantitative estimate of drug-likeness (QED) is 0.743. The van der Waals surface area contributed by atoms with Crippen molar-refractivity contribution < 1.29 is 9.53 Å². The third kappa shape index (κ3) is 3.01. The maximum atomic E-state index is 13.0. The number of rotatable bonds is 6. The molecular weight excluding hydrogens is 400 g/mol. The zero-order valence-electron chi connectivity index (χ0n) is 14.5. The summed E-state index contributed by atoms with van der Waals surface area (Å²) in [7, 11) is 1.56. The van der Waals surface area contributed by atoms with Crippen LogP contribution in [0.15, 0.2) is 27.5 Å². The first kappa shape index (κ1) is 17.5. The minimum absolute atomic E-state index is 0.177. The van der Waals surface area contributed by atoms with Crippen LogP contribution in [-0.4, -0.2) is 40.7 Å². The zero-order valence-corrected chi connectivity index (χ0v) is 16.1. The summed E-state index contributed by atoms with van der Waals surface area (Å²) in [5.74, 6) is 1.62. The normalized spacial score (nSPS) is 22.5. The van der Waals surface area contributed by atoms with E-state index in [0.717, 1.165) is 30.3 Å². The van der Waals surface area contributed by atoms with Crippen LogP contribution in [0.4, 0.5) is 0 Å². The molecule has 2 heterocycles. The van der Waals surface area contributed by atoms with Crippen LogP contribution in [0.2, 0.25) is 0 Å². The number of halogens is 1. The molecule has 1 aromatic carbocycles. The number of nitrogens with one attached hydrogen (secondary N) is 2. The van der Waals surface area contributed by atoms with Crippen molar-refractivity contribution in [2.75, 3.05) is 20.2 Å². The average Bonchev–Trinajstić information content (AvgIpc) is 3.28. The molecule has 0 amide bonds. The second kappa shape index (κ2) is 6.66. The number of hydrogen-bond donors (Lipinski definition) is 2. The Hall–Kier alpha value is -1.93. The van der Waals surface area contributed by atoms with E-state index in [4.69, 9.17) is 4.74 Å². The van der Waals surface area contributed by atoms with Crippen molar-refractivity contribution in [3.05, 3.63) is 39.0 Å². The fourth-order valence-electron chi connectivity index (χ4n) is 3.81. The van der Waals surface area contributed by atoms with Crippen LogP contribution in [0.5, 0.6) is 5.75 Å². The van der Waals surface area contributed by atoms with Gasteiger partial charge in [-0.25, -0.2) is 14.5 Å². The van der Waals surface area contributed by atoms with Gasteiger partial charge in [-0.3, -0.25) is 4.79 Å². The van der Waals surface area contributed by atoms with Crippen LogP contribution in [-0.2, 0) is 11.2 Å². The number of H-pyrrole nitrogens is 1. The van der Waals surface area contributed by atoms with Gasteiger partial charge in [0.15, 0.2) is 0 Å². The molecule has 1 aliphatic carbocycles. The largest absolute Gasteiger partial charge is 0.495 e. The van der Waals surface area contributed by atoms with Crippen molar-refractivity contribution in [3.8, 4) is 11.4 Å². The second-order valence-corrected chi connectivity index (χ2v) is 8.03. The summed E-state index contributed by atoms with van der Waals surface area (Å²) in [6.07, 6.45) is 3.18. The van der Waals surface area contributed by atoms with E-state index in [1.54, 1.807) is 13.2 Å². The highest BCUT2D eigenvalue weighted by molar-refractivity contribution is 9.10. The molecule has 7 nitrogen and oxygen atoms in total. The van der Waals surface area contributed by atoms with Gasteiger partial charge in [0.2, 0.25) is 0 Å². The fourth-order valence-corrected chi connectivity index (χ4v) is 4.15. The predicted molar refractivity (Wildman–Crippen MR) is 99.8 cm³/mol. The van der Waals surface area contributed by atoms with E-state index in [1.165, 1.54) is 4.57 Å². The number of carbonyl (C=O) groups is 1. The number of hydrogen-bond acceptors (Lipinski definition) is 5. The lowest BCUT2D eigenvalue weighted by Gasteiger charge is -2.26. The molecule has 1 atom stereocenters. The Kier molecular flexibility index (Phi) is 4.48. The molecule has 26 heavy (non-hydrogen) atoms. The smallest absolute Gasteiger partial charge is 0.348 e. The Balaban J connectivity index is 1.75. The molecule has 0 radical (unpaired) electrons. The lowest BCUT2D eigenvalue weighted by molar-refractivity contribution is -0.129. The fraction of sp³-hybridized carbons (Fsp3) is 0.500. The third-order valence-electron chi connectivity index (χ3n) is 5.34. The minimum Gasteiger partial charge on any atom is -0.495 e. The summed E-state index contributed by atoms with van der Waals surface area (Å²) in [6.45, 7) is 1.45. The summed E-state index contributed by atoms with van der Waals surface area (Å²) in [5.41, 5.74) is -0.197. The molecule has 2 aromatic rings. The molecule has 1 aliphatic heterocycles. The van der Waals surface area contributed by atoms with Crippen molar-refractivity contribution in [2.24, 2.45) is 11.3 Å². The van der Waals surface area contributed by atoms with E-state index < -0.39 is 5.41 Å². The number of benzene rings is 1. The van der Waals surface area contributed by atoms with Crippen LogP contribution in [0.3, 0.4) is 0 Å². The Morgan fingerprint density at radius 1 is 1.46 bits per heavy atom. The van der Waals surface area contributed by atoms with Gasteiger partial charge in [-0.15, -0.1) is 0 Å². The first-order valence-electron chi connectivity index (χ1n) is 8.79. The SMILES string of the molecule is COc1cc(Br)ccc1-n1c(C[C@@]2(C(=O)C3CC3)CCNC2)n[nH]c1=O. The van der Waals surface area contributed by atoms with Crippen LogP contribution < -0.4 is 15.7 Å². The van der Waals surface area contributed by atoms with E-state index in [0.29, 0.717) is 36.0 Å². The molecule has 2 fully saturated rings. The van der Waals surface area contributed by atoms with Crippen molar-refractivity contribution in [2.45, 2.75) is 25.7 Å². The summed E-state index contributed by atoms with van der Waals surface area (Å²) in [6, 6.07) is 5.47. The monoisotopic (exact) mass is 420 g/mol. The lowest BCUT2D eigenvalue weighted by Crippen LogP contribution is -2.38. The molecule has 0 spiro atoms. The number of aromatic nitrogens is 3. The summed E-state index contributed by atoms with van der Waals surface area (Å²) >= 11 is 3.42. The number of methoxy groups -OCH3 is 1. The van der Waals surface area contributed by atoms with E-state index in [9.17, 15) is 9.59 Å². The van der Waals surface area contributed by atoms with Crippen LogP contribution in [0, 0.1) is 11.3 Å².